The number of alkyl carbamates (subject to hydrolysis) is 1. The molecule has 1 aromatic rings. The smallest absolute Gasteiger partial charge is 0.408 e. The zero-order chi connectivity index (χ0) is 20.7. The highest BCUT2D eigenvalue weighted by Crippen LogP contribution is 2.13. The zero-order valence-corrected chi connectivity index (χ0v) is 16.8. The van der Waals surface area contributed by atoms with Gasteiger partial charge in [0.05, 0.1) is 6.42 Å². The van der Waals surface area contributed by atoms with Crippen molar-refractivity contribution in [2.75, 3.05) is 0 Å². The maximum Gasteiger partial charge on any atom is 0.408 e. The summed E-state index contributed by atoms with van der Waals surface area (Å²) in [5.74, 6) is -1.35. The Morgan fingerprint density at radius 3 is 2.00 bits per heavy atom. The molecule has 0 aliphatic rings. The van der Waals surface area contributed by atoms with Crippen LogP contribution < -0.4 is 5.32 Å². The van der Waals surface area contributed by atoms with Crippen molar-refractivity contribution in [2.45, 2.75) is 71.8 Å². The zero-order valence-electron chi connectivity index (χ0n) is 16.8. The van der Waals surface area contributed by atoms with Gasteiger partial charge in [-0.15, -0.1) is 0 Å². The van der Waals surface area contributed by atoms with Gasteiger partial charge >= 0.3 is 18.0 Å². The predicted molar refractivity (Wildman–Crippen MR) is 99.9 cm³/mol. The molecule has 1 N–H and O–H groups in total. The molecular weight excluding hydrogens is 350 g/mol. The standard InChI is InChI=1S/C20H29NO6/c1-19(2,3)26-16(22)12-15(17(23)27-20(4,5)6)21-18(24)25-13-14-10-8-7-9-11-14/h7-11,15H,12-13H2,1-6H3,(H,21,24). The van der Waals surface area contributed by atoms with E-state index < -0.39 is 35.3 Å². The maximum atomic E-state index is 12.4. The van der Waals surface area contributed by atoms with Gasteiger partial charge in [0.25, 0.3) is 0 Å². The maximum absolute atomic E-state index is 12.4. The molecule has 1 rings (SSSR count). The fraction of sp³-hybridized carbons (Fsp3) is 0.550. The minimum Gasteiger partial charge on any atom is -0.460 e. The summed E-state index contributed by atoms with van der Waals surface area (Å²) in [7, 11) is 0. The van der Waals surface area contributed by atoms with Gasteiger partial charge in [0.15, 0.2) is 0 Å². The van der Waals surface area contributed by atoms with Crippen LogP contribution in [0.1, 0.15) is 53.5 Å². The van der Waals surface area contributed by atoms with Crippen molar-refractivity contribution >= 4 is 18.0 Å². The number of esters is 2. The highest BCUT2D eigenvalue weighted by atomic mass is 16.6. The van der Waals surface area contributed by atoms with E-state index in [-0.39, 0.29) is 13.0 Å². The third kappa shape index (κ3) is 10.2. The van der Waals surface area contributed by atoms with Crippen molar-refractivity contribution in [1.29, 1.82) is 0 Å². The van der Waals surface area contributed by atoms with E-state index in [9.17, 15) is 14.4 Å². The van der Waals surface area contributed by atoms with Crippen molar-refractivity contribution in [3.8, 4) is 0 Å². The van der Waals surface area contributed by atoms with Crippen molar-refractivity contribution in [2.24, 2.45) is 0 Å². The molecule has 0 fully saturated rings. The van der Waals surface area contributed by atoms with Gasteiger partial charge in [-0.25, -0.2) is 9.59 Å². The van der Waals surface area contributed by atoms with E-state index in [1.54, 1.807) is 53.7 Å². The Kier molecular flexibility index (Phi) is 7.82. The lowest BCUT2D eigenvalue weighted by molar-refractivity contribution is -0.164. The summed E-state index contributed by atoms with van der Waals surface area (Å²) < 4.78 is 15.6. The van der Waals surface area contributed by atoms with Gasteiger partial charge in [0.2, 0.25) is 0 Å². The lowest BCUT2D eigenvalue weighted by Crippen LogP contribution is -2.46. The number of hydrogen-bond acceptors (Lipinski definition) is 6. The van der Waals surface area contributed by atoms with Crippen LogP contribution in [0.4, 0.5) is 4.79 Å². The van der Waals surface area contributed by atoms with E-state index in [2.05, 4.69) is 5.32 Å². The number of nitrogens with one attached hydrogen (secondary N) is 1. The minimum absolute atomic E-state index is 0.0418. The Morgan fingerprint density at radius 2 is 1.48 bits per heavy atom. The average molecular weight is 379 g/mol. The van der Waals surface area contributed by atoms with Crippen molar-refractivity contribution in [3.63, 3.8) is 0 Å². The minimum atomic E-state index is -1.21. The Hall–Kier alpha value is -2.57. The van der Waals surface area contributed by atoms with E-state index in [1.165, 1.54) is 0 Å². The Labute approximate surface area is 160 Å². The number of ether oxygens (including phenoxy) is 3. The van der Waals surface area contributed by atoms with E-state index in [4.69, 9.17) is 14.2 Å². The van der Waals surface area contributed by atoms with Crippen molar-refractivity contribution in [3.05, 3.63) is 35.9 Å². The predicted octanol–water partition coefficient (Wildman–Crippen LogP) is 3.35. The van der Waals surface area contributed by atoms with E-state index in [0.29, 0.717) is 0 Å². The second kappa shape index (κ2) is 9.39. The molecule has 0 radical (unpaired) electrons. The first kappa shape index (κ1) is 22.5. The molecule has 0 spiro atoms. The van der Waals surface area contributed by atoms with Crippen LogP contribution in [0.2, 0.25) is 0 Å². The highest BCUT2D eigenvalue weighted by Gasteiger charge is 2.31. The number of carbonyl (C=O) groups is 3. The molecule has 1 amide bonds. The second-order valence-electron chi connectivity index (χ2n) is 8.08. The summed E-state index contributed by atoms with van der Waals surface area (Å²) in [4.78, 5) is 36.5. The Morgan fingerprint density at radius 1 is 0.926 bits per heavy atom. The number of amides is 1. The number of benzene rings is 1. The van der Waals surface area contributed by atoms with Crippen molar-refractivity contribution < 1.29 is 28.6 Å². The topological polar surface area (TPSA) is 90.9 Å². The quantitative estimate of drug-likeness (QED) is 0.602. The molecule has 1 aromatic carbocycles. The Balaban J connectivity index is 2.72. The lowest BCUT2D eigenvalue weighted by Gasteiger charge is -2.25. The van der Waals surface area contributed by atoms with Crippen LogP contribution in [0.3, 0.4) is 0 Å². The summed E-state index contributed by atoms with van der Waals surface area (Å²) in [5, 5.41) is 2.39. The summed E-state index contributed by atoms with van der Waals surface area (Å²) >= 11 is 0. The number of rotatable bonds is 6. The van der Waals surface area contributed by atoms with Gasteiger partial charge in [0, 0.05) is 0 Å². The third-order valence-corrected chi connectivity index (χ3v) is 2.99. The molecule has 1 unspecified atom stereocenters. The molecule has 0 saturated heterocycles. The summed E-state index contributed by atoms with van der Waals surface area (Å²) in [6, 6.07) is 7.90. The summed E-state index contributed by atoms with van der Waals surface area (Å²) in [6.07, 6.45) is -1.18. The lowest BCUT2D eigenvalue weighted by atomic mass is 10.1. The van der Waals surface area contributed by atoms with Crippen LogP contribution in [0, 0.1) is 0 Å². The molecule has 150 valence electrons. The molecule has 0 saturated carbocycles. The first-order valence-corrected chi connectivity index (χ1v) is 8.78. The monoisotopic (exact) mass is 379 g/mol. The molecule has 7 heteroatoms. The van der Waals surface area contributed by atoms with Crippen LogP contribution in [-0.4, -0.2) is 35.3 Å². The van der Waals surface area contributed by atoms with Gasteiger partial charge in [-0.3, -0.25) is 4.79 Å². The molecule has 0 aromatic heterocycles. The van der Waals surface area contributed by atoms with Gasteiger partial charge in [-0.2, -0.15) is 0 Å². The van der Waals surface area contributed by atoms with Crippen LogP contribution >= 0.6 is 0 Å². The first-order valence-electron chi connectivity index (χ1n) is 8.78. The van der Waals surface area contributed by atoms with Crippen molar-refractivity contribution in [1.82, 2.24) is 5.32 Å². The fourth-order valence-electron chi connectivity index (χ4n) is 2.02. The van der Waals surface area contributed by atoms with Gasteiger partial charge < -0.3 is 19.5 Å². The molecule has 0 aliphatic heterocycles. The van der Waals surface area contributed by atoms with Gasteiger partial charge in [-0.05, 0) is 47.1 Å². The van der Waals surface area contributed by atoms with E-state index in [0.717, 1.165) is 5.56 Å². The van der Waals surface area contributed by atoms with Gasteiger partial charge in [-0.1, -0.05) is 30.3 Å². The number of carbonyl (C=O) groups excluding carboxylic acids is 3. The fourth-order valence-corrected chi connectivity index (χ4v) is 2.02. The average Bonchev–Trinajstić information content (AvgIpc) is 2.50. The molecule has 0 aliphatic carbocycles. The molecule has 27 heavy (non-hydrogen) atoms. The SMILES string of the molecule is CC(C)(C)OC(=O)CC(NC(=O)OCc1ccccc1)C(=O)OC(C)(C)C. The molecule has 0 heterocycles. The number of hydrogen-bond donors (Lipinski definition) is 1. The summed E-state index contributed by atoms with van der Waals surface area (Å²) in [6.45, 7) is 10.3. The second-order valence-corrected chi connectivity index (χ2v) is 8.08. The van der Waals surface area contributed by atoms with Crippen LogP contribution in [0.25, 0.3) is 0 Å². The normalized spacial score (nSPS) is 12.7. The van der Waals surface area contributed by atoms with Crippen LogP contribution in [0.15, 0.2) is 30.3 Å². The Bertz CT molecular complexity index is 643. The van der Waals surface area contributed by atoms with E-state index >= 15 is 0 Å². The molecule has 7 nitrogen and oxygen atoms in total. The highest BCUT2D eigenvalue weighted by molar-refractivity contribution is 5.86. The molecular formula is C20H29NO6. The largest absolute Gasteiger partial charge is 0.460 e. The third-order valence-electron chi connectivity index (χ3n) is 2.99. The van der Waals surface area contributed by atoms with Gasteiger partial charge in [0.1, 0.15) is 23.9 Å². The summed E-state index contributed by atoms with van der Waals surface area (Å²) in [5.41, 5.74) is -0.670. The van der Waals surface area contributed by atoms with Crippen LogP contribution in [0.5, 0.6) is 0 Å². The first-order chi connectivity index (χ1) is 12.4. The molecule has 0 bridgehead atoms. The van der Waals surface area contributed by atoms with E-state index in [1.807, 2.05) is 18.2 Å². The van der Waals surface area contributed by atoms with Crippen LogP contribution in [-0.2, 0) is 30.4 Å². The molecule has 1 atom stereocenters.